The number of anilines is 1. The van der Waals surface area contributed by atoms with Crippen LogP contribution >= 0.6 is 23.2 Å². The summed E-state index contributed by atoms with van der Waals surface area (Å²) in [5.41, 5.74) is 1.71. The van der Waals surface area contributed by atoms with Crippen molar-refractivity contribution >= 4 is 34.8 Å². The Morgan fingerprint density at radius 3 is 2.36 bits per heavy atom. The van der Waals surface area contributed by atoms with Crippen LogP contribution in [0.2, 0.25) is 10.0 Å². The van der Waals surface area contributed by atoms with E-state index >= 15 is 0 Å². The van der Waals surface area contributed by atoms with E-state index in [0.29, 0.717) is 15.6 Å². The summed E-state index contributed by atoms with van der Waals surface area (Å²) in [5.74, 6) is 0.744. The van der Waals surface area contributed by atoms with Crippen LogP contribution in [0, 0.1) is 0 Å². The Hall–Kier alpha value is -1.91. The van der Waals surface area contributed by atoms with Gasteiger partial charge in [0.15, 0.2) is 0 Å². The molecule has 2 aromatic rings. The molecule has 0 unspecified atom stereocenters. The second-order valence-corrected chi connectivity index (χ2v) is 6.88. The summed E-state index contributed by atoms with van der Waals surface area (Å²) in [5, 5.41) is 3.93. The van der Waals surface area contributed by atoms with Crippen LogP contribution in [-0.2, 0) is 0 Å². The normalized spacial score (nSPS) is 15.1. The van der Waals surface area contributed by atoms with Gasteiger partial charge in [0.1, 0.15) is 5.75 Å². The lowest BCUT2D eigenvalue weighted by molar-refractivity contribution is 0.0931. The van der Waals surface area contributed by atoms with Gasteiger partial charge >= 0.3 is 0 Å². The summed E-state index contributed by atoms with van der Waals surface area (Å²) >= 11 is 11.9. The number of benzene rings is 2. The van der Waals surface area contributed by atoms with E-state index in [1.54, 1.807) is 25.3 Å². The van der Waals surface area contributed by atoms with Crippen molar-refractivity contribution in [2.24, 2.45) is 0 Å². The quantitative estimate of drug-likeness (QED) is 0.856. The Morgan fingerprint density at radius 2 is 1.76 bits per heavy atom. The minimum atomic E-state index is -0.110. The Bertz CT molecular complexity index is 742. The number of halogens is 2. The van der Waals surface area contributed by atoms with Crippen LogP contribution in [0.15, 0.2) is 42.5 Å². The van der Waals surface area contributed by atoms with Gasteiger partial charge in [-0.05, 0) is 55.3 Å². The van der Waals surface area contributed by atoms with E-state index in [1.807, 2.05) is 12.1 Å². The standard InChI is InChI=1S/C19H20Cl2N2O2/c1-25-16-5-3-15(4-6-16)23-10-8-14(9-11-23)22-19(24)13-2-7-17(20)18(21)12-13/h2-7,12,14H,8-11H2,1H3,(H,22,24). The second-order valence-electron chi connectivity index (χ2n) is 6.06. The molecular formula is C19H20Cl2N2O2. The molecule has 0 radical (unpaired) electrons. The first-order valence-corrected chi connectivity index (χ1v) is 8.97. The van der Waals surface area contributed by atoms with Crippen molar-refractivity contribution in [3.63, 3.8) is 0 Å². The number of piperidine rings is 1. The first kappa shape index (κ1) is 17.9. The summed E-state index contributed by atoms with van der Waals surface area (Å²) in [4.78, 5) is 14.7. The molecule has 0 saturated carbocycles. The summed E-state index contributed by atoms with van der Waals surface area (Å²) in [6.45, 7) is 1.80. The van der Waals surface area contributed by atoms with E-state index in [-0.39, 0.29) is 11.9 Å². The molecule has 1 saturated heterocycles. The Morgan fingerprint density at radius 1 is 1.08 bits per heavy atom. The molecule has 0 aliphatic carbocycles. The van der Waals surface area contributed by atoms with Gasteiger partial charge in [0.05, 0.1) is 17.2 Å². The largest absolute Gasteiger partial charge is 0.497 e. The molecular weight excluding hydrogens is 359 g/mol. The highest BCUT2D eigenvalue weighted by atomic mass is 35.5. The van der Waals surface area contributed by atoms with E-state index in [9.17, 15) is 4.79 Å². The summed E-state index contributed by atoms with van der Waals surface area (Å²) in [6.07, 6.45) is 1.80. The van der Waals surface area contributed by atoms with Crippen molar-refractivity contribution in [3.8, 4) is 5.75 Å². The molecule has 25 heavy (non-hydrogen) atoms. The molecule has 0 aromatic heterocycles. The fraction of sp³-hybridized carbons (Fsp3) is 0.316. The highest BCUT2D eigenvalue weighted by Crippen LogP contribution is 2.24. The number of methoxy groups -OCH3 is 1. The van der Waals surface area contributed by atoms with E-state index in [0.717, 1.165) is 31.7 Å². The third-order valence-electron chi connectivity index (χ3n) is 4.45. The topological polar surface area (TPSA) is 41.6 Å². The lowest BCUT2D eigenvalue weighted by Gasteiger charge is -2.34. The SMILES string of the molecule is COc1ccc(N2CCC(NC(=O)c3ccc(Cl)c(Cl)c3)CC2)cc1. The number of carbonyl (C=O) groups is 1. The summed E-state index contributed by atoms with van der Waals surface area (Å²) in [6, 6.07) is 13.2. The van der Waals surface area contributed by atoms with Gasteiger partial charge in [-0.2, -0.15) is 0 Å². The van der Waals surface area contributed by atoms with Crippen LogP contribution in [0.4, 0.5) is 5.69 Å². The first-order chi connectivity index (χ1) is 12.1. The van der Waals surface area contributed by atoms with E-state index in [4.69, 9.17) is 27.9 Å². The van der Waals surface area contributed by atoms with Crippen molar-refractivity contribution in [1.82, 2.24) is 5.32 Å². The van der Waals surface area contributed by atoms with Crippen molar-refractivity contribution in [2.45, 2.75) is 18.9 Å². The number of hydrogen-bond acceptors (Lipinski definition) is 3. The number of rotatable bonds is 4. The first-order valence-electron chi connectivity index (χ1n) is 8.22. The van der Waals surface area contributed by atoms with Gasteiger partial charge in [-0.1, -0.05) is 23.2 Å². The predicted octanol–water partition coefficient (Wildman–Crippen LogP) is 4.40. The maximum absolute atomic E-state index is 12.4. The second kappa shape index (κ2) is 7.98. The summed E-state index contributed by atoms with van der Waals surface area (Å²) in [7, 11) is 1.66. The molecule has 2 aromatic carbocycles. The van der Waals surface area contributed by atoms with Crippen LogP contribution < -0.4 is 15.0 Å². The van der Waals surface area contributed by atoms with E-state index in [2.05, 4.69) is 22.3 Å². The zero-order valence-corrected chi connectivity index (χ0v) is 15.5. The Balaban J connectivity index is 1.54. The maximum atomic E-state index is 12.4. The minimum Gasteiger partial charge on any atom is -0.497 e. The van der Waals surface area contributed by atoms with Gasteiger partial charge in [-0.25, -0.2) is 0 Å². The zero-order chi connectivity index (χ0) is 17.8. The molecule has 0 atom stereocenters. The molecule has 1 fully saturated rings. The molecule has 4 nitrogen and oxygen atoms in total. The van der Waals surface area contributed by atoms with Gasteiger partial charge < -0.3 is 15.0 Å². The van der Waals surface area contributed by atoms with Crippen molar-refractivity contribution < 1.29 is 9.53 Å². The number of ether oxygens (including phenoxy) is 1. The van der Waals surface area contributed by atoms with Crippen LogP contribution in [0.25, 0.3) is 0 Å². The van der Waals surface area contributed by atoms with Gasteiger partial charge in [0.2, 0.25) is 0 Å². The van der Waals surface area contributed by atoms with Crippen LogP contribution in [-0.4, -0.2) is 32.1 Å². The molecule has 1 aliphatic heterocycles. The van der Waals surface area contributed by atoms with Crippen LogP contribution in [0.3, 0.4) is 0 Å². The minimum absolute atomic E-state index is 0.110. The third kappa shape index (κ3) is 4.39. The molecule has 3 rings (SSSR count). The van der Waals surface area contributed by atoms with Crippen molar-refractivity contribution in [1.29, 1.82) is 0 Å². The maximum Gasteiger partial charge on any atom is 0.251 e. The van der Waals surface area contributed by atoms with Gasteiger partial charge in [0, 0.05) is 30.4 Å². The monoisotopic (exact) mass is 378 g/mol. The zero-order valence-electron chi connectivity index (χ0n) is 14.0. The van der Waals surface area contributed by atoms with E-state index in [1.165, 1.54) is 5.69 Å². The molecule has 0 spiro atoms. The number of nitrogens with one attached hydrogen (secondary N) is 1. The van der Waals surface area contributed by atoms with Gasteiger partial charge in [-0.15, -0.1) is 0 Å². The fourth-order valence-electron chi connectivity index (χ4n) is 2.98. The predicted molar refractivity (Wildman–Crippen MR) is 102 cm³/mol. The van der Waals surface area contributed by atoms with Crippen molar-refractivity contribution in [2.75, 3.05) is 25.1 Å². The lowest BCUT2D eigenvalue weighted by atomic mass is 10.0. The molecule has 1 aliphatic rings. The molecule has 1 heterocycles. The van der Waals surface area contributed by atoms with Gasteiger partial charge in [-0.3, -0.25) is 4.79 Å². The molecule has 1 N–H and O–H groups in total. The number of nitrogens with zero attached hydrogens (tertiary/aromatic N) is 1. The molecule has 1 amide bonds. The highest BCUT2D eigenvalue weighted by molar-refractivity contribution is 6.42. The molecule has 132 valence electrons. The number of hydrogen-bond donors (Lipinski definition) is 1. The average Bonchev–Trinajstić information content (AvgIpc) is 2.64. The van der Waals surface area contributed by atoms with Crippen LogP contribution in [0.5, 0.6) is 5.75 Å². The fourth-order valence-corrected chi connectivity index (χ4v) is 3.28. The highest BCUT2D eigenvalue weighted by Gasteiger charge is 2.21. The van der Waals surface area contributed by atoms with Crippen molar-refractivity contribution in [3.05, 3.63) is 58.1 Å². The third-order valence-corrected chi connectivity index (χ3v) is 5.19. The number of carbonyl (C=O) groups excluding carboxylic acids is 1. The van der Waals surface area contributed by atoms with Gasteiger partial charge in [0.25, 0.3) is 5.91 Å². The average molecular weight is 379 g/mol. The lowest BCUT2D eigenvalue weighted by Crippen LogP contribution is -2.44. The smallest absolute Gasteiger partial charge is 0.251 e. The van der Waals surface area contributed by atoms with Crippen LogP contribution in [0.1, 0.15) is 23.2 Å². The Kier molecular flexibility index (Phi) is 5.71. The summed E-state index contributed by atoms with van der Waals surface area (Å²) < 4.78 is 5.19. The number of amides is 1. The van der Waals surface area contributed by atoms with E-state index < -0.39 is 0 Å². The molecule has 6 heteroatoms. The Labute approximate surface area is 157 Å². The molecule has 0 bridgehead atoms.